The fourth-order valence-corrected chi connectivity index (χ4v) is 5.32. The first-order valence-corrected chi connectivity index (χ1v) is 14.3. The van der Waals surface area contributed by atoms with Gasteiger partial charge in [0.15, 0.2) is 5.82 Å². The minimum atomic E-state index is 0.798. The molecule has 188 valence electrons. The van der Waals surface area contributed by atoms with Crippen LogP contribution >= 0.6 is 0 Å². The van der Waals surface area contributed by atoms with Crippen LogP contribution < -0.4 is 4.74 Å². The molecule has 3 rings (SSSR count). The summed E-state index contributed by atoms with van der Waals surface area (Å²) in [7, 11) is 0. The van der Waals surface area contributed by atoms with Crippen molar-refractivity contribution in [3.8, 4) is 17.1 Å². The van der Waals surface area contributed by atoms with Crippen molar-refractivity contribution in [2.24, 2.45) is 11.8 Å². The zero-order chi connectivity index (χ0) is 23.8. The van der Waals surface area contributed by atoms with Crippen molar-refractivity contribution >= 4 is 0 Å². The minimum Gasteiger partial charge on any atom is -0.494 e. The van der Waals surface area contributed by atoms with Gasteiger partial charge in [-0.25, -0.2) is 9.97 Å². The maximum absolute atomic E-state index is 6.03. The van der Waals surface area contributed by atoms with E-state index in [2.05, 4.69) is 48.1 Å². The van der Waals surface area contributed by atoms with E-state index in [0.717, 1.165) is 48.4 Å². The van der Waals surface area contributed by atoms with E-state index in [-0.39, 0.29) is 0 Å². The highest BCUT2D eigenvalue weighted by atomic mass is 16.5. The summed E-state index contributed by atoms with van der Waals surface area (Å²) in [5.41, 5.74) is 2.29. The third-order valence-corrected chi connectivity index (χ3v) is 7.59. The second-order valence-electron chi connectivity index (χ2n) is 10.5. The molecule has 0 bridgehead atoms. The molecule has 1 aliphatic rings. The molecule has 1 fully saturated rings. The number of unbranched alkanes of at least 4 members (excludes halogenated alkanes) is 6. The smallest absolute Gasteiger partial charge is 0.159 e. The Morgan fingerprint density at radius 3 is 1.94 bits per heavy atom. The Balaban J connectivity index is 1.31. The molecule has 1 heterocycles. The number of ether oxygens (including phenoxy) is 1. The van der Waals surface area contributed by atoms with E-state index in [1.807, 2.05) is 12.4 Å². The Labute approximate surface area is 209 Å². The Kier molecular flexibility index (Phi) is 12.5. The molecule has 0 aliphatic heterocycles. The maximum Gasteiger partial charge on any atom is 0.159 e. The zero-order valence-electron chi connectivity index (χ0n) is 21.9. The van der Waals surface area contributed by atoms with Gasteiger partial charge in [-0.3, -0.25) is 0 Å². The van der Waals surface area contributed by atoms with E-state index in [4.69, 9.17) is 4.74 Å². The lowest BCUT2D eigenvalue weighted by Gasteiger charge is -2.28. The van der Waals surface area contributed by atoms with Crippen molar-refractivity contribution in [3.63, 3.8) is 0 Å². The molecule has 1 saturated carbocycles. The first-order chi connectivity index (χ1) is 16.8. The molecule has 0 saturated heterocycles. The van der Waals surface area contributed by atoms with Crippen LogP contribution in [0, 0.1) is 11.8 Å². The Hall–Kier alpha value is -1.90. The molecular weight excluding hydrogens is 416 g/mol. The van der Waals surface area contributed by atoms with E-state index in [0.29, 0.717) is 0 Å². The van der Waals surface area contributed by atoms with E-state index < -0.39 is 0 Å². The van der Waals surface area contributed by atoms with Gasteiger partial charge in [-0.2, -0.15) is 0 Å². The standard InChI is InChI=1S/C31H48N2O/c1-3-5-7-8-10-13-28-24-32-31(33-25-28)29-19-21-30(22-20-29)34-23-11-14-27-17-15-26(16-18-27)12-9-6-4-2/h19-22,24-27H,3-18,23H2,1-2H3/t26-,27-. The number of aryl methyl sites for hydroxylation is 1. The molecule has 0 unspecified atom stereocenters. The minimum absolute atomic E-state index is 0.798. The number of rotatable bonds is 16. The van der Waals surface area contributed by atoms with Crippen molar-refractivity contribution in [2.45, 2.75) is 117 Å². The fourth-order valence-electron chi connectivity index (χ4n) is 5.32. The second-order valence-corrected chi connectivity index (χ2v) is 10.5. The van der Waals surface area contributed by atoms with Crippen LogP contribution in [0.25, 0.3) is 11.4 Å². The molecule has 0 N–H and O–H groups in total. The van der Waals surface area contributed by atoms with Crippen molar-refractivity contribution in [1.29, 1.82) is 0 Å². The van der Waals surface area contributed by atoms with Crippen LogP contribution in [0.15, 0.2) is 36.7 Å². The van der Waals surface area contributed by atoms with Crippen LogP contribution in [0.3, 0.4) is 0 Å². The SMILES string of the molecule is CCCCCCCc1cnc(-c2ccc(OCCC[C@H]3CC[C@H](CCCCC)CC3)cc2)nc1. The monoisotopic (exact) mass is 464 g/mol. The van der Waals surface area contributed by atoms with Crippen molar-refractivity contribution in [2.75, 3.05) is 6.61 Å². The summed E-state index contributed by atoms with van der Waals surface area (Å²) in [5, 5.41) is 0. The predicted molar refractivity (Wildman–Crippen MR) is 144 cm³/mol. The average Bonchev–Trinajstić information content (AvgIpc) is 2.88. The van der Waals surface area contributed by atoms with Crippen LogP contribution in [-0.2, 0) is 6.42 Å². The van der Waals surface area contributed by atoms with Gasteiger partial charge in [0.2, 0.25) is 0 Å². The highest BCUT2D eigenvalue weighted by Gasteiger charge is 2.20. The molecule has 0 atom stereocenters. The molecule has 3 heteroatoms. The summed E-state index contributed by atoms with van der Waals surface area (Å²) in [5.74, 6) is 3.68. The predicted octanol–water partition coefficient (Wildman–Crippen LogP) is 9.20. The fraction of sp³-hybridized carbons (Fsp3) is 0.677. The summed E-state index contributed by atoms with van der Waals surface area (Å²) in [6, 6.07) is 8.27. The molecule has 0 radical (unpaired) electrons. The van der Waals surface area contributed by atoms with Crippen molar-refractivity contribution in [1.82, 2.24) is 9.97 Å². The number of benzene rings is 1. The zero-order valence-corrected chi connectivity index (χ0v) is 21.9. The number of nitrogens with zero attached hydrogens (tertiary/aromatic N) is 2. The third-order valence-electron chi connectivity index (χ3n) is 7.59. The van der Waals surface area contributed by atoms with Crippen LogP contribution in [0.2, 0.25) is 0 Å². The largest absolute Gasteiger partial charge is 0.494 e. The van der Waals surface area contributed by atoms with Crippen LogP contribution in [0.5, 0.6) is 5.75 Å². The topological polar surface area (TPSA) is 35.0 Å². The molecule has 1 aromatic carbocycles. The summed E-state index contributed by atoms with van der Waals surface area (Å²) >= 11 is 0. The van der Waals surface area contributed by atoms with E-state index >= 15 is 0 Å². The quantitative estimate of drug-likeness (QED) is 0.232. The van der Waals surface area contributed by atoms with Gasteiger partial charge < -0.3 is 4.74 Å². The first kappa shape index (κ1) is 26.7. The van der Waals surface area contributed by atoms with Gasteiger partial charge in [-0.15, -0.1) is 0 Å². The summed E-state index contributed by atoms with van der Waals surface area (Å²) in [6.45, 7) is 5.38. The summed E-state index contributed by atoms with van der Waals surface area (Å²) in [6.07, 6.45) is 25.5. The molecule has 2 aromatic rings. The Morgan fingerprint density at radius 2 is 1.29 bits per heavy atom. The second kappa shape index (κ2) is 15.9. The Morgan fingerprint density at radius 1 is 0.706 bits per heavy atom. The van der Waals surface area contributed by atoms with Gasteiger partial charge in [0, 0.05) is 18.0 Å². The molecule has 34 heavy (non-hydrogen) atoms. The highest BCUT2D eigenvalue weighted by Crippen LogP contribution is 2.34. The van der Waals surface area contributed by atoms with Crippen LogP contribution in [-0.4, -0.2) is 16.6 Å². The molecule has 1 aliphatic carbocycles. The van der Waals surface area contributed by atoms with Crippen molar-refractivity contribution < 1.29 is 4.74 Å². The Bertz CT molecular complexity index is 763. The highest BCUT2D eigenvalue weighted by molar-refractivity contribution is 5.55. The van der Waals surface area contributed by atoms with Gasteiger partial charge in [0.1, 0.15) is 5.75 Å². The van der Waals surface area contributed by atoms with E-state index in [9.17, 15) is 0 Å². The third kappa shape index (κ3) is 9.76. The summed E-state index contributed by atoms with van der Waals surface area (Å²) in [4.78, 5) is 9.19. The van der Waals surface area contributed by atoms with E-state index in [1.165, 1.54) is 95.5 Å². The van der Waals surface area contributed by atoms with Crippen molar-refractivity contribution in [3.05, 3.63) is 42.2 Å². The van der Waals surface area contributed by atoms with E-state index in [1.54, 1.807) is 0 Å². The lowest BCUT2D eigenvalue weighted by Crippen LogP contribution is -2.15. The molecule has 1 aromatic heterocycles. The first-order valence-electron chi connectivity index (χ1n) is 14.3. The van der Waals surface area contributed by atoms with Gasteiger partial charge in [-0.05, 0) is 67.3 Å². The number of aromatic nitrogens is 2. The van der Waals surface area contributed by atoms with Gasteiger partial charge >= 0.3 is 0 Å². The number of hydrogen-bond acceptors (Lipinski definition) is 3. The van der Waals surface area contributed by atoms with Gasteiger partial charge in [-0.1, -0.05) is 90.9 Å². The molecule has 0 amide bonds. The maximum atomic E-state index is 6.03. The van der Waals surface area contributed by atoms with Gasteiger partial charge in [0.05, 0.1) is 6.61 Å². The lowest BCUT2D eigenvalue weighted by molar-refractivity contribution is 0.228. The molecule has 0 spiro atoms. The summed E-state index contributed by atoms with van der Waals surface area (Å²) < 4.78 is 6.03. The normalized spacial score (nSPS) is 18.2. The van der Waals surface area contributed by atoms with Gasteiger partial charge in [0.25, 0.3) is 0 Å². The van der Waals surface area contributed by atoms with Crippen LogP contribution in [0.4, 0.5) is 0 Å². The number of hydrogen-bond donors (Lipinski definition) is 0. The molecular formula is C31H48N2O. The average molecular weight is 465 g/mol. The lowest BCUT2D eigenvalue weighted by atomic mass is 9.78. The molecule has 3 nitrogen and oxygen atoms in total. The van der Waals surface area contributed by atoms with Crippen LogP contribution in [0.1, 0.15) is 116 Å².